The number of aromatic nitrogens is 3. The highest BCUT2D eigenvalue weighted by Crippen LogP contribution is 2.10. The molecule has 0 amide bonds. The van der Waals surface area contributed by atoms with Crippen molar-refractivity contribution < 1.29 is 8.78 Å². The van der Waals surface area contributed by atoms with Crippen LogP contribution in [0, 0.1) is 18.6 Å². The summed E-state index contributed by atoms with van der Waals surface area (Å²) >= 11 is 0. The van der Waals surface area contributed by atoms with E-state index < -0.39 is 11.6 Å². The summed E-state index contributed by atoms with van der Waals surface area (Å²) in [5, 5.41) is 7.39. The largest absolute Gasteiger partial charge is 0.308 e. The summed E-state index contributed by atoms with van der Waals surface area (Å²) < 4.78 is 28.0. The van der Waals surface area contributed by atoms with Crippen molar-refractivity contribution in [3.63, 3.8) is 0 Å². The number of halogens is 2. The summed E-state index contributed by atoms with van der Waals surface area (Å²) in [4.78, 5) is 4.29. The molecule has 0 aliphatic heterocycles. The zero-order valence-electron chi connectivity index (χ0n) is 11.5. The van der Waals surface area contributed by atoms with Crippen molar-refractivity contribution in [2.24, 2.45) is 0 Å². The first-order valence-corrected chi connectivity index (χ1v) is 6.57. The number of benzene rings is 1. The number of rotatable bonds is 4. The molecule has 0 unspecified atom stereocenters. The Bertz CT molecular complexity index is 782. The quantitative estimate of drug-likeness (QED) is 0.802. The fraction of sp³-hybridized carbons (Fsp3) is 0.200. The molecule has 1 N–H and O–H groups in total. The van der Waals surface area contributed by atoms with Gasteiger partial charge >= 0.3 is 0 Å². The molecule has 3 rings (SSSR count). The van der Waals surface area contributed by atoms with Crippen LogP contribution in [-0.4, -0.2) is 14.6 Å². The topological polar surface area (TPSA) is 42.2 Å². The molecule has 0 fully saturated rings. The Hall–Kier alpha value is -2.34. The number of aryl methyl sites for hydroxylation is 1. The molecule has 4 nitrogen and oxygen atoms in total. The predicted octanol–water partition coefficient (Wildman–Crippen LogP) is 2.61. The average molecular weight is 288 g/mol. The van der Waals surface area contributed by atoms with Crippen LogP contribution >= 0.6 is 0 Å². The molecular formula is C15H14F2N4. The molecule has 0 bridgehead atoms. The SMILES string of the molecule is Cc1cc2ncc(CNCc3ccc(F)cc3F)cn2n1. The summed E-state index contributed by atoms with van der Waals surface area (Å²) in [6.45, 7) is 2.75. The molecular weight excluding hydrogens is 274 g/mol. The molecule has 0 saturated carbocycles. The third-order valence-corrected chi connectivity index (χ3v) is 3.15. The van der Waals surface area contributed by atoms with Gasteiger partial charge in [0.2, 0.25) is 0 Å². The van der Waals surface area contributed by atoms with E-state index in [9.17, 15) is 8.78 Å². The minimum absolute atomic E-state index is 0.322. The van der Waals surface area contributed by atoms with Crippen LogP contribution in [0.5, 0.6) is 0 Å². The van der Waals surface area contributed by atoms with Gasteiger partial charge < -0.3 is 5.32 Å². The molecule has 0 aliphatic rings. The van der Waals surface area contributed by atoms with Crippen LogP contribution in [0.2, 0.25) is 0 Å². The van der Waals surface area contributed by atoms with E-state index in [2.05, 4.69) is 15.4 Å². The maximum atomic E-state index is 13.5. The van der Waals surface area contributed by atoms with E-state index in [0.717, 1.165) is 23.0 Å². The van der Waals surface area contributed by atoms with Crippen molar-refractivity contribution >= 4 is 5.65 Å². The summed E-state index contributed by atoms with van der Waals surface area (Å²) in [6, 6.07) is 5.47. The molecule has 3 aromatic rings. The first-order valence-electron chi connectivity index (χ1n) is 6.57. The minimum atomic E-state index is -0.569. The number of fused-ring (bicyclic) bond motifs is 1. The number of hydrogen-bond acceptors (Lipinski definition) is 3. The van der Waals surface area contributed by atoms with E-state index in [0.29, 0.717) is 18.7 Å². The Balaban J connectivity index is 1.66. The summed E-state index contributed by atoms with van der Waals surface area (Å²) in [5.41, 5.74) is 3.07. The number of nitrogens with zero attached hydrogens (tertiary/aromatic N) is 3. The molecule has 21 heavy (non-hydrogen) atoms. The van der Waals surface area contributed by atoms with Crippen LogP contribution in [0.25, 0.3) is 5.65 Å². The highest BCUT2D eigenvalue weighted by Gasteiger charge is 2.04. The Labute approximate surface area is 120 Å². The van der Waals surface area contributed by atoms with Crippen LogP contribution in [0.4, 0.5) is 8.78 Å². The lowest BCUT2D eigenvalue weighted by Crippen LogP contribution is -2.14. The van der Waals surface area contributed by atoms with Crippen molar-refractivity contribution in [3.05, 3.63) is 65.1 Å². The summed E-state index contributed by atoms with van der Waals surface area (Å²) in [5.74, 6) is -1.11. The molecule has 0 atom stereocenters. The highest BCUT2D eigenvalue weighted by atomic mass is 19.1. The Kier molecular flexibility index (Phi) is 3.62. The van der Waals surface area contributed by atoms with E-state index in [1.165, 1.54) is 12.1 Å². The van der Waals surface area contributed by atoms with Gasteiger partial charge in [-0.3, -0.25) is 0 Å². The first kappa shape index (κ1) is 13.6. The standard InChI is InChI=1S/C15H14F2N4/c1-10-4-15-19-7-11(9-21(15)20-10)6-18-8-12-2-3-13(16)5-14(12)17/h2-5,7,9,18H,6,8H2,1H3. The van der Waals surface area contributed by atoms with Crippen molar-refractivity contribution in [3.8, 4) is 0 Å². The van der Waals surface area contributed by atoms with Gasteiger partial charge in [-0.25, -0.2) is 18.3 Å². The van der Waals surface area contributed by atoms with Gasteiger partial charge in [-0.05, 0) is 13.0 Å². The molecule has 0 spiro atoms. The fourth-order valence-electron chi connectivity index (χ4n) is 2.13. The van der Waals surface area contributed by atoms with Crippen LogP contribution in [0.15, 0.2) is 36.7 Å². The Morgan fingerprint density at radius 1 is 1.19 bits per heavy atom. The van der Waals surface area contributed by atoms with Gasteiger partial charge in [0.05, 0.1) is 5.69 Å². The molecule has 0 saturated heterocycles. The molecule has 6 heteroatoms. The van der Waals surface area contributed by atoms with Gasteiger partial charge in [0.15, 0.2) is 5.65 Å². The van der Waals surface area contributed by atoms with Gasteiger partial charge in [-0.2, -0.15) is 5.10 Å². The highest BCUT2D eigenvalue weighted by molar-refractivity contribution is 5.38. The zero-order chi connectivity index (χ0) is 14.8. The van der Waals surface area contributed by atoms with E-state index in [-0.39, 0.29) is 0 Å². The van der Waals surface area contributed by atoms with Crippen LogP contribution in [-0.2, 0) is 13.1 Å². The minimum Gasteiger partial charge on any atom is -0.308 e. The van der Waals surface area contributed by atoms with E-state index in [4.69, 9.17) is 0 Å². The van der Waals surface area contributed by atoms with Crippen LogP contribution < -0.4 is 5.32 Å². The molecule has 0 radical (unpaired) electrons. The average Bonchev–Trinajstić information content (AvgIpc) is 2.80. The van der Waals surface area contributed by atoms with Crippen LogP contribution in [0.3, 0.4) is 0 Å². The van der Waals surface area contributed by atoms with Crippen molar-refractivity contribution in [1.29, 1.82) is 0 Å². The second-order valence-electron chi connectivity index (χ2n) is 4.89. The van der Waals surface area contributed by atoms with Crippen LogP contribution in [0.1, 0.15) is 16.8 Å². The normalized spacial score (nSPS) is 11.2. The van der Waals surface area contributed by atoms with Gasteiger partial charge in [0.1, 0.15) is 11.6 Å². The zero-order valence-corrected chi connectivity index (χ0v) is 11.5. The van der Waals surface area contributed by atoms with E-state index >= 15 is 0 Å². The maximum Gasteiger partial charge on any atom is 0.155 e. The number of hydrogen-bond donors (Lipinski definition) is 1. The van der Waals surface area contributed by atoms with E-state index in [1.807, 2.05) is 19.2 Å². The Morgan fingerprint density at radius 3 is 2.86 bits per heavy atom. The number of nitrogens with one attached hydrogen (secondary N) is 1. The molecule has 2 heterocycles. The third-order valence-electron chi connectivity index (χ3n) is 3.15. The maximum absolute atomic E-state index is 13.5. The lowest BCUT2D eigenvalue weighted by Gasteiger charge is -2.06. The molecule has 2 aromatic heterocycles. The molecule has 0 aliphatic carbocycles. The monoisotopic (exact) mass is 288 g/mol. The Morgan fingerprint density at radius 2 is 2.05 bits per heavy atom. The van der Waals surface area contributed by atoms with Crippen molar-refractivity contribution in [2.45, 2.75) is 20.0 Å². The van der Waals surface area contributed by atoms with Crippen molar-refractivity contribution in [1.82, 2.24) is 19.9 Å². The first-order chi connectivity index (χ1) is 10.1. The van der Waals surface area contributed by atoms with Gasteiger partial charge in [0.25, 0.3) is 0 Å². The summed E-state index contributed by atoms with van der Waals surface area (Å²) in [6.07, 6.45) is 3.63. The second kappa shape index (κ2) is 5.57. The van der Waals surface area contributed by atoms with Crippen molar-refractivity contribution in [2.75, 3.05) is 0 Å². The van der Waals surface area contributed by atoms with Gasteiger partial charge in [-0.15, -0.1) is 0 Å². The third kappa shape index (κ3) is 3.05. The predicted molar refractivity (Wildman–Crippen MR) is 74.6 cm³/mol. The summed E-state index contributed by atoms with van der Waals surface area (Å²) in [7, 11) is 0. The lowest BCUT2D eigenvalue weighted by molar-refractivity contribution is 0.560. The van der Waals surface area contributed by atoms with Gasteiger partial charge in [-0.1, -0.05) is 6.07 Å². The fourth-order valence-corrected chi connectivity index (χ4v) is 2.13. The lowest BCUT2D eigenvalue weighted by atomic mass is 10.2. The van der Waals surface area contributed by atoms with E-state index in [1.54, 1.807) is 10.7 Å². The smallest absolute Gasteiger partial charge is 0.155 e. The molecule has 1 aromatic carbocycles. The molecule has 108 valence electrons. The van der Waals surface area contributed by atoms with Gasteiger partial charge in [0, 0.05) is 48.7 Å². The second-order valence-corrected chi connectivity index (χ2v) is 4.89.